The maximum atomic E-state index is 3.76. The van der Waals surface area contributed by atoms with Gasteiger partial charge in [-0.05, 0) is 67.5 Å². The van der Waals surface area contributed by atoms with E-state index in [1.54, 1.807) is 0 Å². The van der Waals surface area contributed by atoms with Crippen LogP contribution in [0.15, 0.2) is 73.3 Å². The van der Waals surface area contributed by atoms with Crippen LogP contribution in [0.2, 0.25) is 0 Å². The summed E-state index contributed by atoms with van der Waals surface area (Å²) in [6.07, 6.45) is 13.2. The van der Waals surface area contributed by atoms with Gasteiger partial charge >= 0.3 is 0 Å². The summed E-state index contributed by atoms with van der Waals surface area (Å²) in [4.78, 5) is 0. The molecule has 0 aliphatic rings. The van der Waals surface area contributed by atoms with Crippen LogP contribution in [0.1, 0.15) is 54.9 Å². The fourth-order valence-electron chi connectivity index (χ4n) is 2.57. The fourth-order valence-corrected chi connectivity index (χ4v) is 2.57. The van der Waals surface area contributed by atoms with Crippen molar-refractivity contribution in [3.8, 4) is 11.8 Å². The second kappa shape index (κ2) is 11.1. The number of rotatable bonds is 8. The highest BCUT2D eigenvalue weighted by atomic mass is 14.0. The number of aryl methyl sites for hydroxylation is 2. The van der Waals surface area contributed by atoms with Crippen LogP contribution in [0, 0.1) is 11.8 Å². The van der Waals surface area contributed by atoms with Gasteiger partial charge in [-0.25, -0.2) is 0 Å². The van der Waals surface area contributed by atoms with Crippen LogP contribution in [0.25, 0.3) is 0 Å². The molecule has 0 aliphatic heterocycles. The molecule has 0 heterocycles. The van der Waals surface area contributed by atoms with E-state index in [4.69, 9.17) is 0 Å². The molecule has 128 valence electrons. The summed E-state index contributed by atoms with van der Waals surface area (Å²) in [6.45, 7) is 5.97. The van der Waals surface area contributed by atoms with Crippen LogP contribution < -0.4 is 0 Å². The molecule has 0 aromatic heterocycles. The number of hydrogen-bond acceptors (Lipinski definition) is 0. The minimum atomic E-state index is 1.02. The smallest absolute Gasteiger partial charge is 0.0249 e. The molecule has 0 saturated carbocycles. The first-order valence-electron chi connectivity index (χ1n) is 9.27. The van der Waals surface area contributed by atoms with Crippen molar-refractivity contribution in [1.82, 2.24) is 0 Å². The Balaban J connectivity index is 1.88. The summed E-state index contributed by atoms with van der Waals surface area (Å²) >= 11 is 0. The lowest BCUT2D eigenvalue weighted by molar-refractivity contribution is 0.936. The summed E-state index contributed by atoms with van der Waals surface area (Å²) in [5, 5.41) is 0. The molecule has 2 aromatic rings. The van der Waals surface area contributed by atoms with Crippen molar-refractivity contribution >= 4 is 0 Å². The molecule has 0 radical (unpaired) electrons. The molecule has 0 atom stereocenters. The van der Waals surface area contributed by atoms with Crippen molar-refractivity contribution in [2.24, 2.45) is 0 Å². The van der Waals surface area contributed by atoms with Gasteiger partial charge in [0.05, 0.1) is 0 Å². The highest BCUT2D eigenvalue weighted by Crippen LogP contribution is 2.09. The first-order valence-corrected chi connectivity index (χ1v) is 9.27. The largest absolute Gasteiger partial charge is 0.103 e. The highest BCUT2D eigenvalue weighted by Gasteiger charge is 1.94. The summed E-state index contributed by atoms with van der Waals surface area (Å²) < 4.78 is 0. The van der Waals surface area contributed by atoms with E-state index in [1.165, 1.54) is 24.0 Å². The Morgan fingerprint density at radius 1 is 0.720 bits per heavy atom. The number of unbranched alkanes of at least 4 members (excludes halogenated alkanes) is 1. The van der Waals surface area contributed by atoms with Crippen molar-refractivity contribution < 1.29 is 0 Å². The van der Waals surface area contributed by atoms with Gasteiger partial charge in [-0.3, -0.25) is 0 Å². The molecular formula is C25H28. The van der Waals surface area contributed by atoms with Gasteiger partial charge in [0.1, 0.15) is 0 Å². The Morgan fingerprint density at radius 2 is 1.20 bits per heavy atom. The van der Waals surface area contributed by atoms with E-state index in [2.05, 4.69) is 86.0 Å². The first-order chi connectivity index (χ1) is 12.3. The molecule has 0 fully saturated rings. The van der Waals surface area contributed by atoms with Crippen LogP contribution >= 0.6 is 0 Å². The molecule has 0 bridgehead atoms. The van der Waals surface area contributed by atoms with Gasteiger partial charge < -0.3 is 0 Å². The third-order valence-corrected chi connectivity index (χ3v) is 4.12. The van der Waals surface area contributed by atoms with Gasteiger partial charge in [0.2, 0.25) is 0 Å². The normalized spacial score (nSPS) is 10.4. The van der Waals surface area contributed by atoms with E-state index in [0.717, 1.165) is 36.8 Å². The van der Waals surface area contributed by atoms with Crippen molar-refractivity contribution in [2.45, 2.75) is 45.4 Å². The first kappa shape index (κ1) is 18.8. The molecular weight excluding hydrogens is 300 g/mol. The summed E-state index contributed by atoms with van der Waals surface area (Å²) in [7, 11) is 0. The summed E-state index contributed by atoms with van der Waals surface area (Å²) in [5.74, 6) is 6.50. The van der Waals surface area contributed by atoms with E-state index in [9.17, 15) is 0 Å². The lowest BCUT2D eigenvalue weighted by Crippen LogP contribution is -1.85. The number of allylic oxidation sites excluding steroid dienone is 3. The minimum absolute atomic E-state index is 1.02. The van der Waals surface area contributed by atoms with Gasteiger partial charge in [0, 0.05) is 11.1 Å². The van der Waals surface area contributed by atoms with Gasteiger partial charge in [0.15, 0.2) is 0 Å². The maximum absolute atomic E-state index is 3.76. The van der Waals surface area contributed by atoms with Crippen LogP contribution in [-0.4, -0.2) is 0 Å². The second-order valence-corrected chi connectivity index (χ2v) is 6.27. The van der Waals surface area contributed by atoms with Crippen molar-refractivity contribution in [1.29, 1.82) is 0 Å². The highest BCUT2D eigenvalue weighted by molar-refractivity contribution is 5.44. The van der Waals surface area contributed by atoms with Crippen molar-refractivity contribution in [3.63, 3.8) is 0 Å². The fraction of sp³-hybridized carbons (Fsp3) is 0.280. The van der Waals surface area contributed by atoms with Crippen LogP contribution in [0.5, 0.6) is 0 Å². The molecule has 0 heteroatoms. The molecule has 0 spiro atoms. The molecule has 0 aliphatic carbocycles. The Hall–Kier alpha value is -2.52. The van der Waals surface area contributed by atoms with E-state index in [-0.39, 0.29) is 0 Å². The number of benzene rings is 2. The lowest BCUT2D eigenvalue weighted by atomic mass is 10.1. The Morgan fingerprint density at radius 3 is 1.68 bits per heavy atom. The standard InChI is InChI=1S/C25H28/c1-3-5-7-8-9-11-23-14-18-25(19-15-23)21-20-24-16-12-22(13-17-24)10-6-4-2/h4,7-8,12-19H,2-3,5-6,9-11H2,1H3. The average Bonchev–Trinajstić information content (AvgIpc) is 2.66. The third-order valence-electron chi connectivity index (χ3n) is 4.12. The van der Waals surface area contributed by atoms with E-state index >= 15 is 0 Å². The zero-order valence-electron chi connectivity index (χ0n) is 15.3. The molecule has 25 heavy (non-hydrogen) atoms. The van der Waals surface area contributed by atoms with Crippen LogP contribution in [-0.2, 0) is 12.8 Å². The monoisotopic (exact) mass is 328 g/mol. The SMILES string of the molecule is C=CCCc1ccc(C#Cc2ccc(CCC=CCCC)cc2)cc1. The quantitative estimate of drug-likeness (QED) is 0.383. The van der Waals surface area contributed by atoms with Gasteiger partial charge in [-0.15, -0.1) is 6.58 Å². The Kier molecular flexibility index (Phi) is 8.36. The summed E-state index contributed by atoms with van der Waals surface area (Å²) in [6, 6.07) is 17.1. The maximum Gasteiger partial charge on any atom is 0.0249 e. The average molecular weight is 328 g/mol. The predicted molar refractivity (Wildman–Crippen MR) is 110 cm³/mol. The van der Waals surface area contributed by atoms with E-state index in [0.29, 0.717) is 0 Å². The molecule has 2 aromatic carbocycles. The zero-order chi connectivity index (χ0) is 17.7. The molecule has 0 amide bonds. The molecule has 0 unspecified atom stereocenters. The van der Waals surface area contributed by atoms with Crippen LogP contribution in [0.4, 0.5) is 0 Å². The van der Waals surface area contributed by atoms with E-state index in [1.807, 2.05) is 6.08 Å². The Labute approximate surface area is 153 Å². The molecule has 0 nitrogen and oxygen atoms in total. The molecule has 2 rings (SSSR count). The minimum Gasteiger partial charge on any atom is -0.103 e. The molecule has 0 N–H and O–H groups in total. The second-order valence-electron chi connectivity index (χ2n) is 6.27. The van der Waals surface area contributed by atoms with E-state index < -0.39 is 0 Å². The number of hydrogen-bond donors (Lipinski definition) is 0. The lowest BCUT2D eigenvalue weighted by Gasteiger charge is -1.99. The van der Waals surface area contributed by atoms with Crippen molar-refractivity contribution in [3.05, 3.63) is 95.6 Å². The zero-order valence-corrected chi connectivity index (χ0v) is 15.3. The molecule has 0 saturated heterocycles. The Bertz CT molecular complexity index is 718. The van der Waals surface area contributed by atoms with Crippen molar-refractivity contribution in [2.75, 3.05) is 0 Å². The van der Waals surface area contributed by atoms with Gasteiger partial charge in [-0.1, -0.05) is 67.7 Å². The predicted octanol–water partition coefficient (Wildman–Crippen LogP) is 6.49. The van der Waals surface area contributed by atoms with Gasteiger partial charge in [0.25, 0.3) is 0 Å². The summed E-state index contributed by atoms with van der Waals surface area (Å²) in [5.41, 5.74) is 4.84. The van der Waals surface area contributed by atoms with Crippen LogP contribution in [0.3, 0.4) is 0 Å². The third kappa shape index (κ3) is 7.27. The van der Waals surface area contributed by atoms with Gasteiger partial charge in [-0.2, -0.15) is 0 Å². The topological polar surface area (TPSA) is 0 Å².